The number of nitrogens with one attached hydrogen (secondary N) is 2. The monoisotopic (exact) mass is 578 g/mol. The number of hydrogen-bond acceptors (Lipinski definition) is 5. The second-order valence-electron chi connectivity index (χ2n) is 7.61. The summed E-state index contributed by atoms with van der Waals surface area (Å²) in [6.07, 6.45) is 0.349. The summed E-state index contributed by atoms with van der Waals surface area (Å²) >= 11 is 11.3. The molecule has 0 saturated heterocycles. The fourth-order valence-electron chi connectivity index (χ4n) is 3.25. The van der Waals surface area contributed by atoms with Crippen LogP contribution in [0, 0.1) is 11.6 Å². The van der Waals surface area contributed by atoms with Crippen molar-refractivity contribution < 1.29 is 30.4 Å². The summed E-state index contributed by atoms with van der Waals surface area (Å²) in [7, 11) is -7.04. The average molecular weight is 579 g/mol. The standard InChI is InChI=1S/C23H22Cl2F2N2O5S2/c1-34-22-7-4-17(35(30,31)28-10-8-15-2-5-18(24)20(26)12-15)14-23(22)36(32,33)29-11-9-16-3-6-19(25)21(27)13-16/h2-7,12-14,28-29H,8-11H2,1H3. The number of rotatable bonds is 11. The van der Waals surface area contributed by atoms with Crippen LogP contribution in [0.3, 0.4) is 0 Å². The van der Waals surface area contributed by atoms with Crippen molar-refractivity contribution in [3.63, 3.8) is 0 Å². The minimum atomic E-state index is -4.19. The van der Waals surface area contributed by atoms with Crippen LogP contribution in [0.25, 0.3) is 0 Å². The van der Waals surface area contributed by atoms with Crippen LogP contribution in [0.5, 0.6) is 5.75 Å². The third-order valence-electron chi connectivity index (χ3n) is 5.11. The fourth-order valence-corrected chi connectivity index (χ4v) is 5.84. The molecular formula is C23H22Cl2F2N2O5S2. The van der Waals surface area contributed by atoms with Crippen molar-refractivity contribution in [1.82, 2.24) is 9.44 Å². The second-order valence-corrected chi connectivity index (χ2v) is 11.9. The van der Waals surface area contributed by atoms with Crippen LogP contribution in [0.15, 0.2) is 64.4 Å². The van der Waals surface area contributed by atoms with Gasteiger partial charge in [0.05, 0.1) is 22.1 Å². The molecule has 0 unspecified atom stereocenters. The molecule has 3 aromatic carbocycles. The highest BCUT2D eigenvalue weighted by Crippen LogP contribution is 2.27. The van der Waals surface area contributed by atoms with Crippen LogP contribution in [0.4, 0.5) is 8.78 Å². The summed E-state index contributed by atoms with van der Waals surface area (Å²) in [5.41, 5.74) is 1.05. The van der Waals surface area contributed by atoms with E-state index in [1.165, 1.54) is 43.5 Å². The predicted molar refractivity (Wildman–Crippen MR) is 134 cm³/mol. The zero-order valence-corrected chi connectivity index (χ0v) is 22.0. The van der Waals surface area contributed by atoms with Gasteiger partial charge in [-0.15, -0.1) is 0 Å². The van der Waals surface area contributed by atoms with Gasteiger partial charge in [0, 0.05) is 13.1 Å². The Labute approximate surface area is 218 Å². The van der Waals surface area contributed by atoms with Crippen LogP contribution >= 0.6 is 23.2 Å². The minimum absolute atomic E-state index is 0.0414. The molecule has 0 atom stereocenters. The Kier molecular flexibility index (Phi) is 9.31. The van der Waals surface area contributed by atoms with Gasteiger partial charge in [0.2, 0.25) is 20.0 Å². The highest BCUT2D eigenvalue weighted by atomic mass is 35.5. The van der Waals surface area contributed by atoms with Gasteiger partial charge in [-0.1, -0.05) is 35.3 Å². The first kappa shape index (κ1) is 28.3. The molecule has 0 spiro atoms. The molecule has 3 aromatic rings. The number of halogens is 4. The van der Waals surface area contributed by atoms with E-state index in [1.54, 1.807) is 12.1 Å². The van der Waals surface area contributed by atoms with Gasteiger partial charge >= 0.3 is 0 Å². The number of sulfonamides is 2. The van der Waals surface area contributed by atoms with Crippen molar-refractivity contribution in [2.75, 3.05) is 20.2 Å². The third kappa shape index (κ3) is 7.15. The third-order valence-corrected chi connectivity index (χ3v) is 8.67. The van der Waals surface area contributed by atoms with Crippen LogP contribution < -0.4 is 14.2 Å². The van der Waals surface area contributed by atoms with E-state index < -0.39 is 31.7 Å². The molecule has 0 amide bonds. The maximum atomic E-state index is 13.6. The van der Waals surface area contributed by atoms with E-state index in [2.05, 4.69) is 9.44 Å². The molecule has 13 heteroatoms. The van der Waals surface area contributed by atoms with Gasteiger partial charge in [-0.3, -0.25) is 0 Å². The molecule has 2 N–H and O–H groups in total. The molecule has 0 aromatic heterocycles. The maximum Gasteiger partial charge on any atom is 0.244 e. The summed E-state index contributed by atoms with van der Waals surface area (Å²) in [6, 6.07) is 11.7. The average Bonchev–Trinajstić information content (AvgIpc) is 2.83. The molecule has 0 aliphatic rings. The van der Waals surface area contributed by atoms with Gasteiger partial charge in [0.1, 0.15) is 22.3 Å². The Hall–Kier alpha value is -2.28. The lowest BCUT2D eigenvalue weighted by Crippen LogP contribution is -2.28. The quantitative estimate of drug-likeness (QED) is 0.353. The first-order chi connectivity index (χ1) is 16.9. The lowest BCUT2D eigenvalue weighted by atomic mass is 10.1. The van der Waals surface area contributed by atoms with E-state index in [0.29, 0.717) is 11.1 Å². The van der Waals surface area contributed by atoms with E-state index >= 15 is 0 Å². The van der Waals surface area contributed by atoms with Crippen molar-refractivity contribution >= 4 is 43.2 Å². The van der Waals surface area contributed by atoms with Gasteiger partial charge in [-0.2, -0.15) is 0 Å². The number of hydrogen-bond donors (Lipinski definition) is 2. The van der Waals surface area contributed by atoms with Crippen LogP contribution in [-0.4, -0.2) is 37.0 Å². The molecule has 0 bridgehead atoms. The van der Waals surface area contributed by atoms with Crippen LogP contribution in [0.1, 0.15) is 11.1 Å². The Bertz CT molecular complexity index is 1470. The number of ether oxygens (including phenoxy) is 1. The van der Waals surface area contributed by atoms with E-state index in [1.807, 2.05) is 0 Å². The highest BCUT2D eigenvalue weighted by molar-refractivity contribution is 7.90. The summed E-state index contributed by atoms with van der Waals surface area (Å²) < 4.78 is 88.4. The van der Waals surface area contributed by atoms with Gasteiger partial charge < -0.3 is 4.74 Å². The number of methoxy groups -OCH3 is 1. The SMILES string of the molecule is COc1ccc(S(=O)(=O)NCCc2ccc(Cl)c(F)c2)cc1S(=O)(=O)NCCc1ccc(Cl)c(F)c1. The van der Waals surface area contributed by atoms with Crippen molar-refractivity contribution in [3.8, 4) is 5.75 Å². The maximum absolute atomic E-state index is 13.6. The lowest BCUT2D eigenvalue weighted by Gasteiger charge is -2.13. The summed E-state index contributed by atoms with van der Waals surface area (Å²) in [4.78, 5) is -0.680. The molecular weight excluding hydrogens is 557 g/mol. The molecule has 7 nitrogen and oxygen atoms in total. The van der Waals surface area contributed by atoms with E-state index in [0.717, 1.165) is 6.07 Å². The normalized spacial score (nSPS) is 12.0. The zero-order chi connectivity index (χ0) is 26.5. The van der Waals surface area contributed by atoms with Crippen LogP contribution in [0.2, 0.25) is 10.0 Å². The fraction of sp³-hybridized carbons (Fsp3) is 0.217. The van der Waals surface area contributed by atoms with Crippen LogP contribution in [-0.2, 0) is 32.9 Å². The first-order valence-electron chi connectivity index (χ1n) is 10.5. The van der Waals surface area contributed by atoms with Gasteiger partial charge in [-0.25, -0.2) is 35.1 Å². The zero-order valence-electron chi connectivity index (χ0n) is 18.9. The first-order valence-corrected chi connectivity index (χ1v) is 14.2. The summed E-state index contributed by atoms with van der Waals surface area (Å²) in [5.74, 6) is -1.29. The Balaban J connectivity index is 1.72. The molecule has 0 aliphatic heterocycles. The molecule has 0 radical (unpaired) electrons. The van der Waals surface area contributed by atoms with Gasteiger partial charge in [0.15, 0.2) is 0 Å². The smallest absolute Gasteiger partial charge is 0.244 e. The topological polar surface area (TPSA) is 102 Å². The molecule has 0 aliphatic carbocycles. The Morgan fingerprint density at radius 3 is 1.72 bits per heavy atom. The summed E-state index contributed by atoms with van der Waals surface area (Å²) in [5, 5.41) is -0.0868. The lowest BCUT2D eigenvalue weighted by molar-refractivity contribution is 0.401. The molecule has 0 saturated carbocycles. The highest BCUT2D eigenvalue weighted by Gasteiger charge is 2.24. The second kappa shape index (κ2) is 11.8. The minimum Gasteiger partial charge on any atom is -0.495 e. The molecule has 194 valence electrons. The van der Waals surface area contributed by atoms with Crippen molar-refractivity contribution in [2.45, 2.75) is 22.6 Å². The van der Waals surface area contributed by atoms with E-state index in [4.69, 9.17) is 27.9 Å². The van der Waals surface area contributed by atoms with Crippen molar-refractivity contribution in [3.05, 3.63) is 87.4 Å². The predicted octanol–water partition coefficient (Wildman–Crippen LogP) is 4.32. The molecule has 3 rings (SSSR count). The van der Waals surface area contributed by atoms with E-state index in [-0.39, 0.29) is 51.5 Å². The Morgan fingerprint density at radius 2 is 1.25 bits per heavy atom. The van der Waals surface area contributed by atoms with Crippen molar-refractivity contribution in [2.24, 2.45) is 0 Å². The molecule has 0 fully saturated rings. The summed E-state index contributed by atoms with van der Waals surface area (Å²) in [6.45, 7) is -0.146. The molecule has 36 heavy (non-hydrogen) atoms. The van der Waals surface area contributed by atoms with E-state index in [9.17, 15) is 25.6 Å². The molecule has 0 heterocycles. The van der Waals surface area contributed by atoms with Crippen molar-refractivity contribution in [1.29, 1.82) is 0 Å². The number of benzene rings is 3. The largest absolute Gasteiger partial charge is 0.495 e. The Morgan fingerprint density at radius 1 is 0.750 bits per heavy atom. The van der Waals surface area contributed by atoms with Gasteiger partial charge in [0.25, 0.3) is 0 Å². The van der Waals surface area contributed by atoms with Gasteiger partial charge in [-0.05, 0) is 66.4 Å².